The molecular weight excluding hydrogens is 220 g/mol. The van der Waals surface area contributed by atoms with Crippen LogP contribution in [0.25, 0.3) is 9.53 Å². The van der Waals surface area contributed by atoms with E-state index < -0.39 is 0 Å². The molecule has 0 aliphatic carbocycles. The molecule has 74 valence electrons. The molecule has 0 aliphatic heterocycles. The van der Waals surface area contributed by atoms with Crippen molar-refractivity contribution in [3.63, 3.8) is 0 Å². The summed E-state index contributed by atoms with van der Waals surface area (Å²) in [6.45, 7) is 4.09. The Labute approximate surface area is 88.7 Å². The fraction of sp³-hybridized carbons (Fsp3) is 0.375. The molecule has 4 nitrogen and oxygen atoms in total. The van der Waals surface area contributed by atoms with Crippen molar-refractivity contribution < 1.29 is 9.53 Å². The lowest BCUT2D eigenvalue weighted by Gasteiger charge is -1.98. The maximum Gasteiger partial charge on any atom is 0.348 e. The number of esters is 1. The number of hydrogen-bond acceptors (Lipinski definition) is 6. The van der Waals surface area contributed by atoms with E-state index >= 15 is 0 Å². The molecule has 0 saturated carbocycles. The van der Waals surface area contributed by atoms with Gasteiger partial charge in [-0.15, -0.1) is 16.4 Å². The Bertz CT molecular complexity index is 475. The Balaban J connectivity index is 2.47. The number of thiophene rings is 1. The van der Waals surface area contributed by atoms with Crippen LogP contribution in [0.5, 0.6) is 0 Å². The zero-order valence-corrected chi connectivity index (χ0v) is 9.37. The van der Waals surface area contributed by atoms with Crippen LogP contribution >= 0.6 is 22.9 Å². The standard InChI is InChI=1S/C8H8N2O2S2/c1-3-12-8(11)6-4(2)5-7(13-6)9-10-14-5/h3H2,1-2H3. The zero-order valence-electron chi connectivity index (χ0n) is 7.73. The maximum atomic E-state index is 11.5. The molecule has 0 bridgehead atoms. The van der Waals surface area contributed by atoms with Gasteiger partial charge in [0.25, 0.3) is 0 Å². The van der Waals surface area contributed by atoms with Gasteiger partial charge in [0, 0.05) is 0 Å². The molecule has 0 aliphatic rings. The van der Waals surface area contributed by atoms with Gasteiger partial charge in [-0.25, -0.2) is 4.79 Å². The van der Waals surface area contributed by atoms with E-state index in [0.29, 0.717) is 11.5 Å². The van der Waals surface area contributed by atoms with E-state index in [1.165, 1.54) is 22.9 Å². The third kappa shape index (κ3) is 1.40. The highest BCUT2D eigenvalue weighted by molar-refractivity contribution is 7.26. The van der Waals surface area contributed by atoms with Crippen LogP contribution in [0, 0.1) is 6.92 Å². The molecule has 0 saturated heterocycles. The number of carbonyl (C=O) groups excluding carboxylic acids is 1. The molecule has 0 spiro atoms. The topological polar surface area (TPSA) is 52.1 Å². The molecule has 0 unspecified atom stereocenters. The molecule has 0 radical (unpaired) electrons. The monoisotopic (exact) mass is 228 g/mol. The summed E-state index contributed by atoms with van der Waals surface area (Å²) >= 11 is 2.65. The van der Waals surface area contributed by atoms with Crippen LogP contribution in [0.1, 0.15) is 22.2 Å². The largest absolute Gasteiger partial charge is 0.462 e. The SMILES string of the molecule is CCOC(=O)c1sc2nnsc2c1C. The van der Waals surface area contributed by atoms with Crippen LogP contribution < -0.4 is 0 Å². The Hall–Kier alpha value is -1.01. The number of hydrogen-bond donors (Lipinski definition) is 0. The lowest BCUT2D eigenvalue weighted by Crippen LogP contribution is -2.03. The summed E-state index contributed by atoms with van der Waals surface area (Å²) in [6, 6.07) is 0. The van der Waals surface area contributed by atoms with Crippen LogP contribution in [0.3, 0.4) is 0 Å². The van der Waals surface area contributed by atoms with E-state index in [-0.39, 0.29) is 5.97 Å². The number of aromatic nitrogens is 2. The summed E-state index contributed by atoms with van der Waals surface area (Å²) in [5.41, 5.74) is 0.929. The van der Waals surface area contributed by atoms with E-state index in [1.54, 1.807) is 6.92 Å². The summed E-state index contributed by atoms with van der Waals surface area (Å²) in [7, 11) is 0. The van der Waals surface area contributed by atoms with Crippen molar-refractivity contribution >= 4 is 38.4 Å². The van der Waals surface area contributed by atoms with Crippen molar-refractivity contribution in [2.75, 3.05) is 6.61 Å². The van der Waals surface area contributed by atoms with Gasteiger partial charge < -0.3 is 4.74 Å². The third-order valence-electron chi connectivity index (χ3n) is 1.80. The number of rotatable bonds is 2. The summed E-state index contributed by atoms with van der Waals surface area (Å²) < 4.78 is 9.74. The van der Waals surface area contributed by atoms with Gasteiger partial charge in [0.1, 0.15) is 4.88 Å². The van der Waals surface area contributed by atoms with Crippen LogP contribution in [0.2, 0.25) is 0 Å². The van der Waals surface area contributed by atoms with Crippen molar-refractivity contribution in [3.8, 4) is 0 Å². The Morgan fingerprint density at radius 3 is 3.00 bits per heavy atom. The molecule has 0 fully saturated rings. The van der Waals surface area contributed by atoms with Gasteiger partial charge in [-0.1, -0.05) is 4.49 Å². The maximum absolute atomic E-state index is 11.5. The predicted octanol–water partition coefficient (Wildman–Crippen LogP) is 2.24. The Kier molecular flexibility index (Phi) is 2.47. The van der Waals surface area contributed by atoms with E-state index in [1.807, 2.05) is 6.92 Å². The molecule has 0 aromatic carbocycles. The normalized spacial score (nSPS) is 10.7. The van der Waals surface area contributed by atoms with Gasteiger partial charge in [0.05, 0.1) is 11.3 Å². The summed E-state index contributed by atoms with van der Waals surface area (Å²) in [6.07, 6.45) is 0. The van der Waals surface area contributed by atoms with Crippen molar-refractivity contribution in [1.82, 2.24) is 9.59 Å². The predicted molar refractivity (Wildman–Crippen MR) is 56.0 cm³/mol. The zero-order chi connectivity index (χ0) is 10.1. The number of carbonyl (C=O) groups is 1. The molecule has 2 aromatic rings. The minimum absolute atomic E-state index is 0.264. The van der Waals surface area contributed by atoms with Gasteiger partial charge in [0.2, 0.25) is 0 Å². The average molecular weight is 228 g/mol. The first-order valence-corrected chi connectivity index (χ1v) is 5.71. The Morgan fingerprint density at radius 1 is 1.57 bits per heavy atom. The fourth-order valence-electron chi connectivity index (χ4n) is 1.15. The van der Waals surface area contributed by atoms with E-state index in [9.17, 15) is 4.79 Å². The third-order valence-corrected chi connectivity index (χ3v) is 3.93. The molecule has 0 atom stereocenters. The van der Waals surface area contributed by atoms with E-state index in [2.05, 4.69) is 9.59 Å². The van der Waals surface area contributed by atoms with Gasteiger partial charge >= 0.3 is 5.97 Å². The van der Waals surface area contributed by atoms with Crippen molar-refractivity contribution in [1.29, 1.82) is 0 Å². The molecule has 0 N–H and O–H groups in total. The minimum atomic E-state index is -0.264. The first-order chi connectivity index (χ1) is 6.74. The highest BCUT2D eigenvalue weighted by Crippen LogP contribution is 2.31. The Morgan fingerprint density at radius 2 is 2.36 bits per heavy atom. The quantitative estimate of drug-likeness (QED) is 0.740. The first kappa shape index (κ1) is 9.54. The summed E-state index contributed by atoms with van der Waals surface area (Å²) in [4.78, 5) is 12.9. The first-order valence-electron chi connectivity index (χ1n) is 4.12. The van der Waals surface area contributed by atoms with Crippen LogP contribution in [0.4, 0.5) is 0 Å². The second-order valence-electron chi connectivity index (χ2n) is 2.68. The van der Waals surface area contributed by atoms with Crippen LogP contribution in [-0.4, -0.2) is 22.2 Å². The molecule has 2 rings (SSSR count). The van der Waals surface area contributed by atoms with Gasteiger partial charge in [-0.2, -0.15) is 0 Å². The van der Waals surface area contributed by atoms with Crippen LogP contribution in [0.15, 0.2) is 0 Å². The number of fused-ring (bicyclic) bond motifs is 1. The van der Waals surface area contributed by atoms with Crippen LogP contribution in [-0.2, 0) is 4.74 Å². The molecule has 2 aromatic heterocycles. The molecule has 6 heteroatoms. The number of aryl methyl sites for hydroxylation is 1. The molecular formula is C8H8N2O2S2. The molecule has 0 amide bonds. The minimum Gasteiger partial charge on any atom is -0.462 e. The molecule has 14 heavy (non-hydrogen) atoms. The average Bonchev–Trinajstić information content (AvgIpc) is 2.69. The van der Waals surface area contributed by atoms with Crippen molar-refractivity contribution in [3.05, 3.63) is 10.4 Å². The van der Waals surface area contributed by atoms with Gasteiger partial charge in [-0.05, 0) is 30.9 Å². The van der Waals surface area contributed by atoms with E-state index in [0.717, 1.165) is 15.1 Å². The fourth-order valence-corrected chi connectivity index (χ4v) is 2.98. The summed E-state index contributed by atoms with van der Waals surface area (Å²) in [5, 5.41) is 3.92. The number of ether oxygens (including phenoxy) is 1. The molecule has 2 heterocycles. The van der Waals surface area contributed by atoms with Crippen molar-refractivity contribution in [2.45, 2.75) is 13.8 Å². The van der Waals surface area contributed by atoms with E-state index in [4.69, 9.17) is 4.74 Å². The number of nitrogens with zero attached hydrogens (tertiary/aromatic N) is 2. The second kappa shape index (κ2) is 3.62. The summed E-state index contributed by atoms with van der Waals surface area (Å²) in [5.74, 6) is -0.264. The highest BCUT2D eigenvalue weighted by atomic mass is 32.1. The smallest absolute Gasteiger partial charge is 0.348 e. The lowest BCUT2D eigenvalue weighted by atomic mass is 10.3. The van der Waals surface area contributed by atoms with Crippen molar-refractivity contribution in [2.24, 2.45) is 0 Å². The lowest BCUT2D eigenvalue weighted by molar-refractivity contribution is 0.0531. The van der Waals surface area contributed by atoms with Gasteiger partial charge in [0.15, 0.2) is 4.83 Å². The van der Waals surface area contributed by atoms with Gasteiger partial charge in [-0.3, -0.25) is 0 Å². The highest BCUT2D eigenvalue weighted by Gasteiger charge is 2.18. The second-order valence-corrected chi connectivity index (χ2v) is 4.44.